The zero-order chi connectivity index (χ0) is 13.5. The molecule has 104 valence electrons. The molecule has 2 rings (SSSR count). The molecule has 0 aliphatic heterocycles. The Hall–Kier alpha value is -1.55. The summed E-state index contributed by atoms with van der Waals surface area (Å²) in [4.78, 5) is 11.6. The van der Waals surface area contributed by atoms with Gasteiger partial charge in [0.15, 0.2) is 0 Å². The Bertz CT molecular complexity index is 432. The van der Waals surface area contributed by atoms with Crippen LogP contribution in [0.15, 0.2) is 18.2 Å². The molecule has 0 saturated carbocycles. The highest BCUT2D eigenvalue weighted by atomic mass is 16.5. The average molecular weight is 262 g/mol. The second-order valence-electron chi connectivity index (χ2n) is 4.89. The SMILES string of the molecule is COCCCNC(=O)CNc1ccc2c(c1)CCC2. The van der Waals surface area contributed by atoms with Gasteiger partial charge in [0.1, 0.15) is 0 Å². The van der Waals surface area contributed by atoms with Crippen LogP contribution in [0.5, 0.6) is 0 Å². The minimum atomic E-state index is 0.0246. The van der Waals surface area contributed by atoms with Crippen LogP contribution in [0.1, 0.15) is 24.0 Å². The molecule has 0 bridgehead atoms. The molecule has 4 heteroatoms. The third-order valence-corrected chi connectivity index (χ3v) is 3.40. The van der Waals surface area contributed by atoms with Crippen LogP contribution in [0.4, 0.5) is 5.69 Å². The van der Waals surface area contributed by atoms with Crippen molar-refractivity contribution in [2.45, 2.75) is 25.7 Å². The number of aryl methyl sites for hydroxylation is 2. The summed E-state index contributed by atoms with van der Waals surface area (Å²) in [5, 5.41) is 6.03. The number of methoxy groups -OCH3 is 1. The van der Waals surface area contributed by atoms with Gasteiger partial charge in [-0.05, 0) is 48.9 Å². The monoisotopic (exact) mass is 262 g/mol. The van der Waals surface area contributed by atoms with Gasteiger partial charge >= 0.3 is 0 Å². The van der Waals surface area contributed by atoms with Gasteiger partial charge in [0, 0.05) is 25.9 Å². The topological polar surface area (TPSA) is 50.4 Å². The lowest BCUT2D eigenvalue weighted by molar-refractivity contribution is -0.119. The number of amides is 1. The van der Waals surface area contributed by atoms with E-state index in [-0.39, 0.29) is 5.91 Å². The number of ether oxygens (including phenoxy) is 1. The molecule has 4 nitrogen and oxygen atoms in total. The van der Waals surface area contributed by atoms with E-state index in [0.29, 0.717) is 19.7 Å². The Morgan fingerprint density at radius 1 is 1.32 bits per heavy atom. The first-order valence-corrected chi connectivity index (χ1v) is 6.91. The van der Waals surface area contributed by atoms with E-state index in [1.165, 1.54) is 24.0 Å². The smallest absolute Gasteiger partial charge is 0.239 e. The van der Waals surface area contributed by atoms with Gasteiger partial charge in [-0.15, -0.1) is 0 Å². The lowest BCUT2D eigenvalue weighted by Crippen LogP contribution is -2.31. The zero-order valence-corrected chi connectivity index (χ0v) is 11.5. The van der Waals surface area contributed by atoms with Crippen LogP contribution in [0.3, 0.4) is 0 Å². The number of anilines is 1. The Morgan fingerprint density at radius 2 is 2.16 bits per heavy atom. The number of nitrogens with one attached hydrogen (secondary N) is 2. The van der Waals surface area contributed by atoms with Crippen LogP contribution in [-0.2, 0) is 22.4 Å². The van der Waals surface area contributed by atoms with Crippen molar-refractivity contribution in [1.29, 1.82) is 0 Å². The van der Waals surface area contributed by atoms with Crippen molar-refractivity contribution in [2.75, 3.05) is 32.1 Å². The summed E-state index contributed by atoms with van der Waals surface area (Å²) in [5.41, 5.74) is 3.91. The third-order valence-electron chi connectivity index (χ3n) is 3.40. The number of carbonyl (C=O) groups excluding carboxylic acids is 1. The van der Waals surface area contributed by atoms with E-state index in [1.54, 1.807) is 7.11 Å². The standard InChI is InChI=1S/C15H22N2O2/c1-19-9-3-8-16-15(18)11-17-14-7-6-12-4-2-5-13(12)10-14/h6-7,10,17H,2-5,8-9,11H2,1H3,(H,16,18). The highest BCUT2D eigenvalue weighted by Crippen LogP contribution is 2.24. The summed E-state index contributed by atoms with van der Waals surface area (Å²) in [6, 6.07) is 6.39. The van der Waals surface area contributed by atoms with E-state index in [9.17, 15) is 4.79 Å². The van der Waals surface area contributed by atoms with Crippen LogP contribution >= 0.6 is 0 Å². The molecular formula is C15H22N2O2. The largest absolute Gasteiger partial charge is 0.385 e. The van der Waals surface area contributed by atoms with Gasteiger partial charge < -0.3 is 15.4 Å². The third kappa shape index (κ3) is 4.24. The highest BCUT2D eigenvalue weighted by molar-refractivity contribution is 5.80. The normalized spacial score (nSPS) is 13.1. The van der Waals surface area contributed by atoms with Crippen LogP contribution in [0.25, 0.3) is 0 Å². The molecule has 0 heterocycles. The number of rotatable bonds is 7. The van der Waals surface area contributed by atoms with Gasteiger partial charge in [-0.3, -0.25) is 4.79 Å². The summed E-state index contributed by atoms with van der Waals surface area (Å²) >= 11 is 0. The molecule has 2 N–H and O–H groups in total. The molecule has 0 atom stereocenters. The maximum absolute atomic E-state index is 11.6. The van der Waals surface area contributed by atoms with E-state index >= 15 is 0 Å². The van der Waals surface area contributed by atoms with Crippen molar-refractivity contribution in [3.05, 3.63) is 29.3 Å². The fourth-order valence-electron chi connectivity index (χ4n) is 2.37. The Labute approximate surface area is 114 Å². The molecule has 0 unspecified atom stereocenters. The molecule has 0 saturated heterocycles. The lowest BCUT2D eigenvalue weighted by Gasteiger charge is -2.09. The first kappa shape index (κ1) is 13.9. The van der Waals surface area contributed by atoms with E-state index in [4.69, 9.17) is 4.74 Å². The molecule has 0 radical (unpaired) electrons. The minimum Gasteiger partial charge on any atom is -0.385 e. The number of benzene rings is 1. The number of hydrogen-bond acceptors (Lipinski definition) is 3. The fraction of sp³-hybridized carbons (Fsp3) is 0.533. The van der Waals surface area contributed by atoms with Crippen LogP contribution < -0.4 is 10.6 Å². The first-order valence-electron chi connectivity index (χ1n) is 6.91. The van der Waals surface area contributed by atoms with Crippen molar-refractivity contribution >= 4 is 11.6 Å². The van der Waals surface area contributed by atoms with Gasteiger partial charge in [0.25, 0.3) is 0 Å². The van der Waals surface area contributed by atoms with E-state index in [1.807, 2.05) is 0 Å². The predicted molar refractivity (Wildman–Crippen MR) is 76.5 cm³/mol. The molecule has 0 spiro atoms. The van der Waals surface area contributed by atoms with Crippen molar-refractivity contribution in [3.8, 4) is 0 Å². The van der Waals surface area contributed by atoms with Crippen molar-refractivity contribution < 1.29 is 9.53 Å². The van der Waals surface area contributed by atoms with E-state index in [0.717, 1.165) is 18.5 Å². The Kier molecular flexibility index (Phi) is 5.21. The lowest BCUT2D eigenvalue weighted by atomic mass is 10.1. The molecule has 0 fully saturated rings. The highest BCUT2D eigenvalue weighted by Gasteiger charge is 2.10. The maximum atomic E-state index is 11.6. The quantitative estimate of drug-likeness (QED) is 0.736. The number of hydrogen-bond donors (Lipinski definition) is 2. The number of carbonyl (C=O) groups is 1. The number of fused-ring (bicyclic) bond motifs is 1. The molecule has 1 aliphatic carbocycles. The Balaban J connectivity index is 1.71. The van der Waals surface area contributed by atoms with E-state index < -0.39 is 0 Å². The van der Waals surface area contributed by atoms with Gasteiger partial charge in [0.05, 0.1) is 6.54 Å². The fourth-order valence-corrected chi connectivity index (χ4v) is 2.37. The predicted octanol–water partition coefficient (Wildman–Crippen LogP) is 1.74. The molecular weight excluding hydrogens is 240 g/mol. The second kappa shape index (κ2) is 7.14. The molecule has 1 amide bonds. The molecule has 1 aromatic carbocycles. The molecule has 19 heavy (non-hydrogen) atoms. The summed E-state index contributed by atoms with van der Waals surface area (Å²) in [5.74, 6) is 0.0246. The first-order chi connectivity index (χ1) is 9.29. The van der Waals surface area contributed by atoms with Crippen LogP contribution in [0, 0.1) is 0 Å². The Morgan fingerprint density at radius 3 is 3.00 bits per heavy atom. The van der Waals surface area contributed by atoms with E-state index in [2.05, 4.69) is 28.8 Å². The van der Waals surface area contributed by atoms with Crippen molar-refractivity contribution in [3.63, 3.8) is 0 Å². The van der Waals surface area contributed by atoms with Crippen molar-refractivity contribution in [1.82, 2.24) is 5.32 Å². The van der Waals surface area contributed by atoms with Crippen molar-refractivity contribution in [2.24, 2.45) is 0 Å². The zero-order valence-electron chi connectivity index (χ0n) is 11.5. The van der Waals surface area contributed by atoms with Gasteiger partial charge in [-0.25, -0.2) is 0 Å². The maximum Gasteiger partial charge on any atom is 0.239 e. The summed E-state index contributed by atoms with van der Waals surface area (Å²) in [6.07, 6.45) is 4.45. The second-order valence-corrected chi connectivity index (χ2v) is 4.89. The van der Waals surface area contributed by atoms with Crippen LogP contribution in [-0.4, -0.2) is 32.7 Å². The van der Waals surface area contributed by atoms with Gasteiger partial charge in [-0.2, -0.15) is 0 Å². The molecule has 0 aromatic heterocycles. The summed E-state index contributed by atoms with van der Waals surface area (Å²) < 4.78 is 4.93. The molecule has 1 aliphatic rings. The van der Waals surface area contributed by atoms with Crippen LogP contribution in [0.2, 0.25) is 0 Å². The summed E-state index contributed by atoms with van der Waals surface area (Å²) in [7, 11) is 1.66. The average Bonchev–Trinajstić information content (AvgIpc) is 2.89. The van der Waals surface area contributed by atoms with Gasteiger partial charge in [0.2, 0.25) is 5.91 Å². The molecule has 1 aromatic rings. The summed E-state index contributed by atoms with van der Waals surface area (Å²) in [6.45, 7) is 1.67. The van der Waals surface area contributed by atoms with Gasteiger partial charge in [-0.1, -0.05) is 6.07 Å². The minimum absolute atomic E-state index is 0.0246.